The summed E-state index contributed by atoms with van der Waals surface area (Å²) in [4.78, 5) is 22.1. The lowest BCUT2D eigenvalue weighted by atomic mass is 9.86. The lowest BCUT2D eigenvalue weighted by Crippen LogP contribution is -2.35. The molecule has 82 valence electrons. The molecule has 1 amide bonds. The molecule has 2 rings (SSSR count). The molecule has 1 atom stereocenters. The molecule has 0 radical (unpaired) electrons. The average molecular weight is 219 g/mol. The Kier molecular flexibility index (Phi) is 2.84. The Bertz CT molecular complexity index is 460. The molecule has 1 aromatic rings. The number of hydrogen-bond acceptors (Lipinski definition) is 2. The van der Waals surface area contributed by atoms with Crippen molar-refractivity contribution in [2.75, 3.05) is 6.54 Å². The van der Waals surface area contributed by atoms with Gasteiger partial charge < -0.3 is 5.32 Å². The molecule has 1 unspecified atom stereocenters. The zero-order valence-electron chi connectivity index (χ0n) is 8.50. The maximum absolute atomic E-state index is 12.7. The first-order valence-corrected chi connectivity index (χ1v) is 5.01. The van der Waals surface area contributed by atoms with Crippen LogP contribution in [0, 0.1) is 5.82 Å². The normalized spacial score (nSPS) is 20.2. The first-order chi connectivity index (χ1) is 7.72. The fourth-order valence-corrected chi connectivity index (χ4v) is 1.87. The molecule has 1 aromatic carbocycles. The van der Waals surface area contributed by atoms with E-state index < -0.39 is 0 Å². The molecule has 1 aliphatic rings. The second-order valence-corrected chi connectivity index (χ2v) is 3.66. The van der Waals surface area contributed by atoms with Crippen LogP contribution < -0.4 is 5.32 Å². The molecule has 1 heterocycles. The molecule has 0 bridgehead atoms. The number of hydrogen-bond donors (Lipinski definition) is 1. The zero-order valence-corrected chi connectivity index (χ0v) is 8.50. The highest BCUT2D eigenvalue weighted by atomic mass is 19.1. The van der Waals surface area contributed by atoms with Gasteiger partial charge in [0.2, 0.25) is 0 Å². The molecule has 1 fully saturated rings. The van der Waals surface area contributed by atoms with Gasteiger partial charge in [-0.05, 0) is 24.1 Å². The molecule has 0 aromatic heterocycles. The number of rotatable bonds is 1. The highest BCUT2D eigenvalue weighted by molar-refractivity contribution is 6.02. The Morgan fingerprint density at radius 2 is 2.00 bits per heavy atom. The largest absolute Gasteiger partial charge is 0.352 e. The first-order valence-electron chi connectivity index (χ1n) is 5.01. The van der Waals surface area contributed by atoms with E-state index in [0.717, 1.165) is 5.56 Å². The van der Waals surface area contributed by atoms with E-state index >= 15 is 0 Å². The SMILES string of the molecule is O=C=C1C(=O)NCCC1c1ccc(F)cc1. The third kappa shape index (κ3) is 1.88. The van der Waals surface area contributed by atoms with Crippen LogP contribution in [-0.2, 0) is 9.59 Å². The smallest absolute Gasteiger partial charge is 0.258 e. The number of halogens is 1. The van der Waals surface area contributed by atoms with Gasteiger partial charge in [0, 0.05) is 12.5 Å². The van der Waals surface area contributed by atoms with Gasteiger partial charge in [0.25, 0.3) is 5.91 Å². The van der Waals surface area contributed by atoms with E-state index in [1.807, 2.05) is 0 Å². The fourth-order valence-electron chi connectivity index (χ4n) is 1.87. The summed E-state index contributed by atoms with van der Waals surface area (Å²) in [6.45, 7) is 0.520. The summed E-state index contributed by atoms with van der Waals surface area (Å²) in [6, 6.07) is 5.83. The van der Waals surface area contributed by atoms with E-state index in [0.29, 0.717) is 13.0 Å². The number of piperidine rings is 1. The molecule has 16 heavy (non-hydrogen) atoms. The average Bonchev–Trinajstić information content (AvgIpc) is 2.30. The molecule has 0 spiro atoms. The van der Waals surface area contributed by atoms with Crippen LogP contribution in [0.25, 0.3) is 0 Å². The van der Waals surface area contributed by atoms with Crippen LogP contribution >= 0.6 is 0 Å². The van der Waals surface area contributed by atoms with Crippen molar-refractivity contribution < 1.29 is 14.0 Å². The van der Waals surface area contributed by atoms with Gasteiger partial charge in [-0.15, -0.1) is 0 Å². The van der Waals surface area contributed by atoms with E-state index in [9.17, 15) is 14.0 Å². The quantitative estimate of drug-likeness (QED) is 0.569. The highest BCUT2D eigenvalue weighted by Gasteiger charge is 2.27. The van der Waals surface area contributed by atoms with Gasteiger partial charge in [-0.25, -0.2) is 9.18 Å². The maximum Gasteiger partial charge on any atom is 0.258 e. The van der Waals surface area contributed by atoms with Crippen molar-refractivity contribution in [2.24, 2.45) is 0 Å². The van der Waals surface area contributed by atoms with Crippen LogP contribution in [0.15, 0.2) is 29.8 Å². The second-order valence-electron chi connectivity index (χ2n) is 3.66. The molecule has 0 aliphatic carbocycles. The third-order valence-electron chi connectivity index (χ3n) is 2.69. The molecule has 1 N–H and O–H groups in total. The summed E-state index contributed by atoms with van der Waals surface area (Å²) in [5.74, 6) is 0.694. The maximum atomic E-state index is 12.7. The Balaban J connectivity index is 2.35. The zero-order chi connectivity index (χ0) is 11.5. The predicted molar refractivity (Wildman–Crippen MR) is 56.0 cm³/mol. The number of amides is 1. The van der Waals surface area contributed by atoms with Crippen molar-refractivity contribution >= 4 is 11.8 Å². The lowest BCUT2D eigenvalue weighted by Gasteiger charge is -2.23. The van der Waals surface area contributed by atoms with Crippen LogP contribution in [0.5, 0.6) is 0 Å². The van der Waals surface area contributed by atoms with Crippen molar-refractivity contribution in [3.05, 3.63) is 41.2 Å². The minimum atomic E-state index is -0.379. The van der Waals surface area contributed by atoms with Gasteiger partial charge in [0.1, 0.15) is 17.3 Å². The first kappa shape index (κ1) is 10.6. The molecule has 1 saturated heterocycles. The van der Waals surface area contributed by atoms with Crippen LogP contribution in [0.2, 0.25) is 0 Å². The summed E-state index contributed by atoms with van der Waals surface area (Å²) in [5.41, 5.74) is 0.868. The molecule has 4 heteroatoms. The lowest BCUT2D eigenvalue weighted by molar-refractivity contribution is -0.118. The number of nitrogens with one attached hydrogen (secondary N) is 1. The van der Waals surface area contributed by atoms with Crippen molar-refractivity contribution in [2.45, 2.75) is 12.3 Å². The van der Waals surface area contributed by atoms with E-state index in [1.165, 1.54) is 12.1 Å². The van der Waals surface area contributed by atoms with E-state index in [2.05, 4.69) is 5.32 Å². The summed E-state index contributed by atoms with van der Waals surface area (Å²) in [7, 11) is 0. The van der Waals surface area contributed by atoms with Crippen LogP contribution in [0.4, 0.5) is 4.39 Å². The van der Waals surface area contributed by atoms with Gasteiger partial charge in [-0.3, -0.25) is 4.79 Å². The van der Waals surface area contributed by atoms with Crippen LogP contribution in [-0.4, -0.2) is 18.4 Å². The number of carbonyl (C=O) groups excluding carboxylic acids is 2. The molecular weight excluding hydrogens is 209 g/mol. The summed E-state index contributed by atoms with van der Waals surface area (Å²) >= 11 is 0. The minimum Gasteiger partial charge on any atom is -0.352 e. The Morgan fingerprint density at radius 3 is 2.62 bits per heavy atom. The molecule has 1 aliphatic heterocycles. The number of benzene rings is 1. The summed E-state index contributed by atoms with van der Waals surface area (Å²) in [5, 5.41) is 2.58. The van der Waals surface area contributed by atoms with Crippen molar-refractivity contribution in [1.82, 2.24) is 5.32 Å². The van der Waals surface area contributed by atoms with Crippen molar-refractivity contribution in [1.29, 1.82) is 0 Å². The van der Waals surface area contributed by atoms with Crippen LogP contribution in [0.3, 0.4) is 0 Å². The highest BCUT2D eigenvalue weighted by Crippen LogP contribution is 2.28. The predicted octanol–water partition coefficient (Wildman–Crippen LogP) is 1.19. The van der Waals surface area contributed by atoms with Gasteiger partial charge in [0.15, 0.2) is 0 Å². The standard InChI is InChI=1S/C12H10FNO2/c13-9-3-1-8(2-4-9)10-5-6-14-12(16)11(10)7-15/h1-4,10H,5-6H2,(H,14,16). The van der Waals surface area contributed by atoms with E-state index in [-0.39, 0.29) is 23.2 Å². The monoisotopic (exact) mass is 219 g/mol. The Morgan fingerprint density at radius 1 is 1.31 bits per heavy atom. The topological polar surface area (TPSA) is 46.2 Å². The summed E-state index contributed by atoms with van der Waals surface area (Å²) in [6.07, 6.45) is 0.641. The fraction of sp³-hybridized carbons (Fsp3) is 0.250. The second kappa shape index (κ2) is 4.29. The number of carbonyl (C=O) groups is 1. The Labute approximate surface area is 92.0 Å². The van der Waals surface area contributed by atoms with Crippen molar-refractivity contribution in [3.8, 4) is 0 Å². The van der Waals surface area contributed by atoms with Crippen molar-refractivity contribution in [3.63, 3.8) is 0 Å². The van der Waals surface area contributed by atoms with Gasteiger partial charge in [-0.2, -0.15) is 0 Å². The molecular formula is C12H10FNO2. The molecule has 0 saturated carbocycles. The minimum absolute atomic E-state index is 0.0952. The van der Waals surface area contributed by atoms with Gasteiger partial charge in [0.05, 0.1) is 0 Å². The summed E-state index contributed by atoms with van der Waals surface area (Å²) < 4.78 is 12.7. The van der Waals surface area contributed by atoms with E-state index in [4.69, 9.17) is 0 Å². The van der Waals surface area contributed by atoms with Gasteiger partial charge >= 0.3 is 0 Å². The third-order valence-corrected chi connectivity index (χ3v) is 2.69. The molecule has 3 nitrogen and oxygen atoms in total. The van der Waals surface area contributed by atoms with Gasteiger partial charge in [-0.1, -0.05) is 12.1 Å². The van der Waals surface area contributed by atoms with E-state index in [1.54, 1.807) is 18.1 Å². The van der Waals surface area contributed by atoms with Crippen LogP contribution in [0.1, 0.15) is 17.9 Å². The Hall–Kier alpha value is -1.93.